The van der Waals surface area contributed by atoms with Gasteiger partial charge < -0.3 is 4.90 Å². The Kier molecular flexibility index (Phi) is 1.54. The molecular weight excluding hydrogens is 134 g/mol. The van der Waals surface area contributed by atoms with Crippen molar-refractivity contribution >= 4 is 0 Å². The van der Waals surface area contributed by atoms with E-state index in [0.29, 0.717) is 0 Å². The van der Waals surface area contributed by atoms with Gasteiger partial charge in [-0.1, -0.05) is 6.92 Å². The van der Waals surface area contributed by atoms with Crippen molar-refractivity contribution in [2.24, 2.45) is 11.3 Å². The standard InChI is InChI=1S/C10H19N/c1-8(2)11-5-4-10(7-11)6-9(10)3/h8-9H,4-7H2,1-3H3/t9-,10?/m1/s1. The van der Waals surface area contributed by atoms with Gasteiger partial charge in [-0.2, -0.15) is 0 Å². The number of nitrogens with zero attached hydrogens (tertiary/aromatic N) is 1. The Hall–Kier alpha value is -0.0400. The lowest BCUT2D eigenvalue weighted by molar-refractivity contribution is 0.258. The van der Waals surface area contributed by atoms with E-state index < -0.39 is 0 Å². The highest BCUT2D eigenvalue weighted by molar-refractivity contribution is 5.06. The molecule has 0 N–H and O–H groups in total. The van der Waals surface area contributed by atoms with Crippen LogP contribution in [0.5, 0.6) is 0 Å². The molecule has 1 spiro atoms. The van der Waals surface area contributed by atoms with Crippen LogP contribution >= 0.6 is 0 Å². The number of rotatable bonds is 1. The van der Waals surface area contributed by atoms with Gasteiger partial charge in [-0.15, -0.1) is 0 Å². The predicted octanol–water partition coefficient (Wildman–Crippen LogP) is 2.13. The quantitative estimate of drug-likeness (QED) is 0.558. The Morgan fingerprint density at radius 1 is 1.45 bits per heavy atom. The molecule has 1 heterocycles. The van der Waals surface area contributed by atoms with Gasteiger partial charge >= 0.3 is 0 Å². The lowest BCUT2D eigenvalue weighted by Crippen LogP contribution is -2.28. The molecule has 2 aliphatic rings. The minimum absolute atomic E-state index is 0.766. The van der Waals surface area contributed by atoms with Crippen LogP contribution in [0, 0.1) is 11.3 Å². The molecule has 1 unspecified atom stereocenters. The zero-order chi connectivity index (χ0) is 8.06. The monoisotopic (exact) mass is 153 g/mol. The van der Waals surface area contributed by atoms with Gasteiger partial charge in [0.05, 0.1) is 0 Å². The summed E-state index contributed by atoms with van der Waals surface area (Å²) < 4.78 is 0. The first kappa shape index (κ1) is 7.60. The van der Waals surface area contributed by atoms with Gasteiger partial charge in [-0.25, -0.2) is 0 Å². The van der Waals surface area contributed by atoms with Crippen molar-refractivity contribution in [3.63, 3.8) is 0 Å². The van der Waals surface area contributed by atoms with Crippen LogP contribution in [-0.4, -0.2) is 24.0 Å². The summed E-state index contributed by atoms with van der Waals surface area (Å²) in [4.78, 5) is 2.63. The lowest BCUT2D eigenvalue weighted by atomic mass is 10.0. The highest BCUT2D eigenvalue weighted by atomic mass is 15.2. The van der Waals surface area contributed by atoms with Crippen LogP contribution < -0.4 is 0 Å². The summed E-state index contributed by atoms with van der Waals surface area (Å²) in [6.07, 6.45) is 2.96. The van der Waals surface area contributed by atoms with Gasteiger partial charge in [-0.3, -0.25) is 0 Å². The molecule has 0 aromatic carbocycles. The summed E-state index contributed by atoms with van der Waals surface area (Å²) in [6.45, 7) is 9.76. The van der Waals surface area contributed by atoms with E-state index in [2.05, 4.69) is 25.7 Å². The molecule has 2 rings (SSSR count). The number of likely N-dealkylation sites (tertiary alicyclic amines) is 1. The largest absolute Gasteiger partial charge is 0.300 e. The summed E-state index contributed by atoms with van der Waals surface area (Å²) in [7, 11) is 0. The van der Waals surface area contributed by atoms with E-state index in [1.807, 2.05) is 0 Å². The summed E-state index contributed by atoms with van der Waals surface area (Å²) in [6, 6.07) is 0.766. The second-order valence-electron chi connectivity index (χ2n) is 4.78. The van der Waals surface area contributed by atoms with Crippen LogP contribution in [0.25, 0.3) is 0 Å². The minimum Gasteiger partial charge on any atom is -0.300 e. The van der Waals surface area contributed by atoms with E-state index >= 15 is 0 Å². The first-order valence-electron chi connectivity index (χ1n) is 4.88. The van der Waals surface area contributed by atoms with E-state index in [-0.39, 0.29) is 0 Å². The maximum Gasteiger partial charge on any atom is 0.00438 e. The molecule has 0 aromatic heterocycles. The first-order valence-corrected chi connectivity index (χ1v) is 4.88. The molecule has 1 aliphatic heterocycles. The average molecular weight is 153 g/mol. The zero-order valence-electron chi connectivity index (χ0n) is 7.93. The predicted molar refractivity (Wildman–Crippen MR) is 47.5 cm³/mol. The average Bonchev–Trinajstić information content (AvgIpc) is 2.44. The maximum atomic E-state index is 2.63. The molecule has 1 saturated heterocycles. The third-order valence-corrected chi connectivity index (χ3v) is 3.74. The van der Waals surface area contributed by atoms with Crippen molar-refractivity contribution in [1.82, 2.24) is 4.90 Å². The summed E-state index contributed by atoms with van der Waals surface area (Å²) >= 11 is 0. The van der Waals surface area contributed by atoms with E-state index in [1.165, 1.54) is 25.9 Å². The van der Waals surface area contributed by atoms with Crippen molar-refractivity contribution in [3.05, 3.63) is 0 Å². The fraction of sp³-hybridized carbons (Fsp3) is 1.00. The molecule has 0 aromatic rings. The molecule has 0 radical (unpaired) electrons. The Balaban J connectivity index is 1.95. The summed E-state index contributed by atoms with van der Waals surface area (Å²) in [5, 5.41) is 0. The van der Waals surface area contributed by atoms with Crippen LogP contribution in [0.1, 0.15) is 33.6 Å². The van der Waals surface area contributed by atoms with Crippen molar-refractivity contribution in [2.75, 3.05) is 13.1 Å². The van der Waals surface area contributed by atoms with E-state index in [0.717, 1.165) is 17.4 Å². The fourth-order valence-corrected chi connectivity index (χ4v) is 2.49. The zero-order valence-corrected chi connectivity index (χ0v) is 7.93. The van der Waals surface area contributed by atoms with Gasteiger partial charge in [0.15, 0.2) is 0 Å². The van der Waals surface area contributed by atoms with Gasteiger partial charge in [0.2, 0.25) is 0 Å². The Morgan fingerprint density at radius 3 is 2.36 bits per heavy atom. The third kappa shape index (κ3) is 1.10. The van der Waals surface area contributed by atoms with Gasteiger partial charge in [0.25, 0.3) is 0 Å². The Morgan fingerprint density at radius 2 is 2.09 bits per heavy atom. The lowest BCUT2D eigenvalue weighted by Gasteiger charge is -2.20. The Labute approximate surface area is 69.8 Å². The summed E-state index contributed by atoms with van der Waals surface area (Å²) in [5.41, 5.74) is 0.782. The maximum absolute atomic E-state index is 2.63. The van der Waals surface area contributed by atoms with Gasteiger partial charge in [0.1, 0.15) is 0 Å². The second kappa shape index (κ2) is 2.22. The van der Waals surface area contributed by atoms with Crippen molar-refractivity contribution in [2.45, 2.75) is 39.7 Å². The summed E-state index contributed by atoms with van der Waals surface area (Å²) in [5.74, 6) is 1.02. The SMILES string of the molecule is CC(C)N1CCC2(C[C@H]2C)C1. The normalized spacial score (nSPS) is 44.2. The van der Waals surface area contributed by atoms with E-state index in [9.17, 15) is 0 Å². The smallest absolute Gasteiger partial charge is 0.00438 e. The molecule has 2 fully saturated rings. The minimum atomic E-state index is 0.766. The molecule has 2 atom stereocenters. The molecule has 0 amide bonds. The van der Waals surface area contributed by atoms with Crippen LogP contribution in [0.3, 0.4) is 0 Å². The second-order valence-corrected chi connectivity index (χ2v) is 4.78. The molecule has 11 heavy (non-hydrogen) atoms. The van der Waals surface area contributed by atoms with Crippen LogP contribution in [0.2, 0.25) is 0 Å². The number of hydrogen-bond donors (Lipinski definition) is 0. The molecule has 1 saturated carbocycles. The van der Waals surface area contributed by atoms with E-state index in [1.54, 1.807) is 0 Å². The molecular formula is C10H19N. The third-order valence-electron chi connectivity index (χ3n) is 3.74. The number of hydrogen-bond acceptors (Lipinski definition) is 1. The van der Waals surface area contributed by atoms with Crippen LogP contribution in [0.4, 0.5) is 0 Å². The van der Waals surface area contributed by atoms with Crippen molar-refractivity contribution < 1.29 is 0 Å². The van der Waals surface area contributed by atoms with Crippen molar-refractivity contribution in [3.8, 4) is 0 Å². The highest BCUT2D eigenvalue weighted by Crippen LogP contribution is 2.58. The molecule has 1 nitrogen and oxygen atoms in total. The Bertz CT molecular complexity index is 164. The van der Waals surface area contributed by atoms with Crippen molar-refractivity contribution in [1.29, 1.82) is 0 Å². The van der Waals surface area contributed by atoms with Crippen LogP contribution in [0.15, 0.2) is 0 Å². The highest BCUT2D eigenvalue weighted by Gasteiger charge is 2.54. The van der Waals surface area contributed by atoms with E-state index in [4.69, 9.17) is 0 Å². The van der Waals surface area contributed by atoms with Gasteiger partial charge in [-0.05, 0) is 44.6 Å². The molecule has 1 aliphatic carbocycles. The fourth-order valence-electron chi connectivity index (χ4n) is 2.49. The molecule has 0 bridgehead atoms. The first-order chi connectivity index (χ1) is 5.14. The molecule has 1 heteroatoms. The van der Waals surface area contributed by atoms with Gasteiger partial charge in [0, 0.05) is 12.6 Å². The molecule has 64 valence electrons. The topological polar surface area (TPSA) is 3.24 Å². The van der Waals surface area contributed by atoms with Crippen LogP contribution in [-0.2, 0) is 0 Å².